The predicted molar refractivity (Wildman–Crippen MR) is 154 cm³/mol. The highest BCUT2D eigenvalue weighted by molar-refractivity contribution is 6.03. The van der Waals surface area contributed by atoms with Crippen LogP contribution in [0.4, 0.5) is 5.69 Å². The number of hydrogen-bond acceptors (Lipinski definition) is 7. The van der Waals surface area contributed by atoms with E-state index in [4.69, 9.17) is 0 Å². The summed E-state index contributed by atoms with van der Waals surface area (Å²) in [4.78, 5) is 75.1. The fourth-order valence-corrected chi connectivity index (χ4v) is 6.11. The van der Waals surface area contributed by atoms with Gasteiger partial charge in [0, 0.05) is 61.8 Å². The first-order chi connectivity index (χ1) is 19.6. The molecule has 0 saturated carbocycles. The summed E-state index contributed by atoms with van der Waals surface area (Å²) >= 11 is 0. The molecular weight excluding hydrogens is 524 g/mol. The van der Waals surface area contributed by atoms with E-state index >= 15 is 0 Å². The number of ketones is 1. The van der Waals surface area contributed by atoms with Crippen LogP contribution in [0.1, 0.15) is 47.4 Å². The van der Waals surface area contributed by atoms with Gasteiger partial charge < -0.3 is 29.9 Å². The van der Waals surface area contributed by atoms with Gasteiger partial charge in [-0.05, 0) is 56.1 Å². The maximum absolute atomic E-state index is 13.8. The summed E-state index contributed by atoms with van der Waals surface area (Å²) < 4.78 is 0. The van der Waals surface area contributed by atoms with Crippen LogP contribution >= 0.6 is 0 Å². The van der Waals surface area contributed by atoms with Crippen LogP contribution < -0.4 is 15.8 Å². The number of nitrogens with zero attached hydrogens (tertiary/aromatic N) is 4. The van der Waals surface area contributed by atoms with Crippen LogP contribution in [0.2, 0.25) is 0 Å². The second kappa shape index (κ2) is 11.9. The fraction of sp³-hybridized carbons (Fsp3) is 0.500. The maximum Gasteiger partial charge on any atom is 0.254 e. The molecule has 11 nitrogen and oxygen atoms in total. The summed E-state index contributed by atoms with van der Waals surface area (Å²) in [6, 6.07) is 8.13. The lowest BCUT2D eigenvalue weighted by Crippen LogP contribution is -2.53. The third-order valence-corrected chi connectivity index (χ3v) is 8.30. The Bertz CT molecular complexity index is 1360. The van der Waals surface area contributed by atoms with Gasteiger partial charge in [-0.25, -0.2) is 0 Å². The molecule has 11 heteroatoms. The van der Waals surface area contributed by atoms with Gasteiger partial charge in [0.2, 0.25) is 11.5 Å². The van der Waals surface area contributed by atoms with E-state index in [1.165, 1.54) is 28.1 Å². The van der Waals surface area contributed by atoms with Crippen molar-refractivity contribution in [1.29, 1.82) is 0 Å². The molecule has 4 heterocycles. The monoisotopic (exact) mass is 562 g/mol. The van der Waals surface area contributed by atoms with Gasteiger partial charge >= 0.3 is 0 Å². The van der Waals surface area contributed by atoms with Gasteiger partial charge in [0.1, 0.15) is 12.1 Å². The highest BCUT2D eigenvalue weighted by atomic mass is 16.2. The van der Waals surface area contributed by atoms with Crippen molar-refractivity contribution in [3.05, 3.63) is 64.1 Å². The van der Waals surface area contributed by atoms with Crippen LogP contribution in [0.15, 0.2) is 47.4 Å². The average Bonchev–Trinajstić information content (AvgIpc) is 3.53. The first-order valence-corrected chi connectivity index (χ1v) is 14.3. The number of carbonyl (C=O) groups is 4. The molecule has 0 bridgehead atoms. The van der Waals surface area contributed by atoms with E-state index in [0.717, 1.165) is 31.9 Å². The second-order valence-corrected chi connectivity index (χ2v) is 11.7. The van der Waals surface area contributed by atoms with Crippen LogP contribution in [0, 0.1) is 5.92 Å². The minimum Gasteiger partial charge on any atom is -0.369 e. The lowest BCUT2D eigenvalue weighted by atomic mass is 10.0. The number of aromatic nitrogens is 1. The number of likely N-dealkylation sites (N-methyl/N-ethyl adjacent to an activating group) is 1. The number of benzene rings is 1. The predicted octanol–water partition coefficient (Wildman–Crippen LogP) is 0.966. The molecule has 3 saturated heterocycles. The number of Topliss-reactive ketones (excluding diaryl/α,β-unsaturated/α-hetero) is 1. The molecule has 2 aromatic rings. The van der Waals surface area contributed by atoms with E-state index in [1.54, 1.807) is 12.1 Å². The van der Waals surface area contributed by atoms with Crippen LogP contribution in [-0.2, 0) is 9.59 Å². The molecule has 3 aliphatic rings. The Balaban J connectivity index is 1.27. The van der Waals surface area contributed by atoms with E-state index in [0.29, 0.717) is 24.9 Å². The molecule has 218 valence electrons. The molecule has 3 atom stereocenters. The van der Waals surface area contributed by atoms with Crippen molar-refractivity contribution in [2.75, 3.05) is 51.2 Å². The van der Waals surface area contributed by atoms with E-state index in [2.05, 4.69) is 27.1 Å². The Morgan fingerprint density at radius 1 is 0.951 bits per heavy atom. The standard InChI is InChI=1S/C30H38N6O5/c1-19(2)16-23(32-28(39)20-4-6-22(7-5-20)34-14-12-33(3)13-15-34)30(41)35-11-9-24-27(35)25(37)18-36(24)29(40)21-8-10-31-26(38)17-21/h4-8,10,17,19,23-24,27H,9,11-16,18H2,1-3H3,(H,31,38)(H,32,39). The van der Waals surface area contributed by atoms with E-state index in [1.807, 2.05) is 26.0 Å². The SMILES string of the molecule is CC(C)CC(NC(=O)c1ccc(N2CCN(C)CC2)cc1)C(=O)N1CCC2C1C(=O)CN2C(=O)c1cc[nH]c(=O)c1. The van der Waals surface area contributed by atoms with Crippen molar-refractivity contribution in [2.45, 2.75) is 44.8 Å². The highest BCUT2D eigenvalue weighted by Crippen LogP contribution is 2.31. The molecule has 3 amide bonds. The maximum atomic E-state index is 13.8. The lowest BCUT2D eigenvalue weighted by molar-refractivity contribution is -0.138. The smallest absolute Gasteiger partial charge is 0.254 e. The second-order valence-electron chi connectivity index (χ2n) is 11.7. The molecule has 41 heavy (non-hydrogen) atoms. The number of piperazine rings is 1. The molecule has 0 radical (unpaired) electrons. The average molecular weight is 563 g/mol. The van der Waals surface area contributed by atoms with Crippen LogP contribution in [0.5, 0.6) is 0 Å². The molecule has 3 aliphatic heterocycles. The van der Waals surface area contributed by atoms with Gasteiger partial charge in [-0.2, -0.15) is 0 Å². The number of anilines is 1. The zero-order chi connectivity index (χ0) is 29.3. The summed E-state index contributed by atoms with van der Waals surface area (Å²) in [5.41, 5.74) is 1.33. The van der Waals surface area contributed by atoms with E-state index in [-0.39, 0.29) is 35.6 Å². The molecular formula is C30H38N6O5. The number of fused-ring (bicyclic) bond motifs is 1. The first kappa shape index (κ1) is 28.5. The summed E-state index contributed by atoms with van der Waals surface area (Å²) in [5, 5.41) is 2.93. The Morgan fingerprint density at radius 2 is 1.66 bits per heavy atom. The third-order valence-electron chi connectivity index (χ3n) is 8.30. The van der Waals surface area contributed by atoms with Crippen molar-refractivity contribution in [1.82, 2.24) is 25.0 Å². The number of H-pyrrole nitrogens is 1. The number of likely N-dealkylation sites (tertiary alicyclic amines) is 2. The van der Waals surface area contributed by atoms with E-state index in [9.17, 15) is 24.0 Å². The quantitative estimate of drug-likeness (QED) is 0.515. The van der Waals surface area contributed by atoms with Gasteiger partial charge in [-0.1, -0.05) is 13.8 Å². The third kappa shape index (κ3) is 6.04. The van der Waals surface area contributed by atoms with Crippen molar-refractivity contribution >= 4 is 29.2 Å². The fourth-order valence-electron chi connectivity index (χ4n) is 6.11. The molecule has 3 unspecified atom stereocenters. The number of carbonyl (C=O) groups excluding carboxylic acids is 4. The number of hydrogen-bond donors (Lipinski definition) is 2. The normalized spacial score (nSPS) is 21.8. The molecule has 0 aliphatic carbocycles. The zero-order valence-electron chi connectivity index (χ0n) is 23.8. The highest BCUT2D eigenvalue weighted by Gasteiger charge is 2.52. The number of amides is 3. The van der Waals surface area contributed by atoms with Gasteiger partial charge in [-0.15, -0.1) is 0 Å². The largest absolute Gasteiger partial charge is 0.369 e. The Kier molecular flexibility index (Phi) is 8.25. The number of pyridine rings is 1. The summed E-state index contributed by atoms with van der Waals surface area (Å²) in [6.45, 7) is 7.97. The number of nitrogens with one attached hydrogen (secondary N) is 2. The lowest BCUT2D eigenvalue weighted by Gasteiger charge is -2.34. The van der Waals surface area contributed by atoms with Crippen LogP contribution in [0.3, 0.4) is 0 Å². The van der Waals surface area contributed by atoms with Crippen LogP contribution in [0.25, 0.3) is 0 Å². The molecule has 1 aromatic heterocycles. The van der Waals surface area contributed by atoms with Gasteiger partial charge in [0.05, 0.1) is 12.6 Å². The first-order valence-electron chi connectivity index (χ1n) is 14.3. The van der Waals surface area contributed by atoms with Crippen molar-refractivity contribution in [2.24, 2.45) is 5.92 Å². The number of rotatable bonds is 7. The zero-order valence-corrected chi connectivity index (χ0v) is 23.8. The van der Waals surface area contributed by atoms with E-state index < -0.39 is 29.6 Å². The molecule has 1 aromatic carbocycles. The van der Waals surface area contributed by atoms with Crippen molar-refractivity contribution < 1.29 is 19.2 Å². The molecule has 2 N–H and O–H groups in total. The molecule has 5 rings (SSSR count). The minimum absolute atomic E-state index is 0.119. The molecule has 3 fully saturated rings. The molecule has 0 spiro atoms. The Morgan fingerprint density at radius 3 is 2.32 bits per heavy atom. The van der Waals surface area contributed by atoms with Gasteiger partial charge in [-0.3, -0.25) is 24.0 Å². The van der Waals surface area contributed by atoms with Crippen molar-refractivity contribution in [3.63, 3.8) is 0 Å². The summed E-state index contributed by atoms with van der Waals surface area (Å²) in [6.07, 6.45) is 2.27. The van der Waals surface area contributed by atoms with Crippen LogP contribution in [-0.4, -0.2) is 108 Å². The minimum atomic E-state index is -0.802. The van der Waals surface area contributed by atoms with Gasteiger partial charge in [0.25, 0.3) is 11.8 Å². The Hall–Kier alpha value is -3.99. The summed E-state index contributed by atoms with van der Waals surface area (Å²) in [5.74, 6) is -1.15. The van der Waals surface area contributed by atoms with Gasteiger partial charge in [0.15, 0.2) is 5.78 Å². The topological polar surface area (TPSA) is 126 Å². The van der Waals surface area contributed by atoms with Crippen molar-refractivity contribution in [3.8, 4) is 0 Å². The number of aromatic amines is 1. The Labute approximate surface area is 239 Å². The summed E-state index contributed by atoms with van der Waals surface area (Å²) in [7, 11) is 2.11.